The summed E-state index contributed by atoms with van der Waals surface area (Å²) >= 11 is 0. The molecular formula is C31H24O. The molecule has 0 spiro atoms. The summed E-state index contributed by atoms with van der Waals surface area (Å²) in [5, 5.41) is 0. The van der Waals surface area contributed by atoms with E-state index in [1.54, 1.807) is 0 Å². The van der Waals surface area contributed by atoms with Crippen molar-refractivity contribution in [2.24, 2.45) is 0 Å². The Morgan fingerprint density at radius 2 is 0.750 bits per heavy atom. The normalized spacial score (nSPS) is 24.2. The molecule has 1 saturated carbocycles. The predicted molar refractivity (Wildman–Crippen MR) is 130 cm³/mol. The fourth-order valence-electron chi connectivity index (χ4n) is 6.15. The number of hydrogen-bond donors (Lipinski definition) is 0. The van der Waals surface area contributed by atoms with E-state index in [-0.39, 0.29) is 0 Å². The lowest BCUT2D eigenvalue weighted by Gasteiger charge is -2.33. The third kappa shape index (κ3) is 2.42. The SMILES string of the molecule is O=C1[C@@]2(c3ccccc3)CC[C@]1(c1ccccc1)C(c1ccccc1)=C2c1ccccc1. The molecule has 2 aliphatic carbocycles. The lowest BCUT2D eigenvalue weighted by molar-refractivity contribution is -0.122. The molecule has 4 aromatic carbocycles. The van der Waals surface area contributed by atoms with Gasteiger partial charge in [0, 0.05) is 0 Å². The standard InChI is InChI=1S/C31H24O/c32-29-30(25-17-9-3-10-18-25)21-22-31(29,26-19-11-4-12-20-26)28(24-15-7-2-8-16-24)27(30)23-13-5-1-6-14-23/h1-20H,21-22H2/t30-,31+. The first-order valence-electron chi connectivity index (χ1n) is 11.3. The van der Waals surface area contributed by atoms with Crippen LogP contribution in [0.5, 0.6) is 0 Å². The van der Waals surface area contributed by atoms with Gasteiger partial charge in [0.1, 0.15) is 0 Å². The molecule has 0 radical (unpaired) electrons. The average Bonchev–Trinajstić information content (AvgIpc) is 3.31. The minimum atomic E-state index is -0.635. The Kier molecular flexibility index (Phi) is 4.26. The number of Topliss-reactive ketones (excluding diaryl/α,β-unsaturated/α-hetero) is 1. The van der Waals surface area contributed by atoms with E-state index in [4.69, 9.17) is 0 Å². The summed E-state index contributed by atoms with van der Waals surface area (Å²) in [7, 11) is 0. The van der Waals surface area contributed by atoms with E-state index in [9.17, 15) is 4.79 Å². The molecule has 1 heteroatoms. The number of ketones is 1. The van der Waals surface area contributed by atoms with Crippen molar-refractivity contribution in [2.45, 2.75) is 23.7 Å². The molecule has 0 N–H and O–H groups in total. The van der Waals surface area contributed by atoms with Crippen molar-refractivity contribution < 1.29 is 4.79 Å². The Morgan fingerprint density at radius 1 is 0.438 bits per heavy atom. The zero-order valence-corrected chi connectivity index (χ0v) is 17.9. The monoisotopic (exact) mass is 412 g/mol. The van der Waals surface area contributed by atoms with E-state index in [1.807, 2.05) is 24.3 Å². The van der Waals surface area contributed by atoms with Gasteiger partial charge in [0.25, 0.3) is 0 Å². The molecule has 2 aliphatic rings. The van der Waals surface area contributed by atoms with Crippen molar-refractivity contribution >= 4 is 16.9 Å². The van der Waals surface area contributed by atoms with Crippen molar-refractivity contribution in [2.75, 3.05) is 0 Å². The van der Waals surface area contributed by atoms with Crippen molar-refractivity contribution in [3.63, 3.8) is 0 Å². The van der Waals surface area contributed by atoms with Gasteiger partial charge in [-0.2, -0.15) is 0 Å². The molecule has 6 rings (SSSR count). The van der Waals surface area contributed by atoms with E-state index in [0.717, 1.165) is 35.1 Å². The maximum Gasteiger partial charge on any atom is 0.162 e. The highest BCUT2D eigenvalue weighted by molar-refractivity contribution is 6.29. The Hall–Kier alpha value is -3.71. The molecule has 1 fully saturated rings. The lowest BCUT2D eigenvalue weighted by Crippen LogP contribution is -2.35. The summed E-state index contributed by atoms with van der Waals surface area (Å²) in [5.74, 6) is 0.320. The Labute approximate surface area is 189 Å². The van der Waals surface area contributed by atoms with E-state index in [0.29, 0.717) is 5.78 Å². The van der Waals surface area contributed by atoms with Crippen LogP contribution in [-0.2, 0) is 15.6 Å². The van der Waals surface area contributed by atoms with Gasteiger partial charge in [-0.25, -0.2) is 0 Å². The number of allylic oxidation sites excluding steroid dienone is 2. The minimum Gasteiger partial charge on any atom is -0.297 e. The molecule has 2 atom stereocenters. The van der Waals surface area contributed by atoms with E-state index < -0.39 is 10.8 Å². The highest BCUT2D eigenvalue weighted by atomic mass is 16.1. The van der Waals surface area contributed by atoms with Gasteiger partial charge in [-0.05, 0) is 46.2 Å². The molecule has 0 amide bonds. The Morgan fingerprint density at radius 3 is 1.09 bits per heavy atom. The summed E-state index contributed by atoms with van der Waals surface area (Å²) in [6.45, 7) is 0. The number of benzene rings is 4. The number of hydrogen-bond acceptors (Lipinski definition) is 1. The summed E-state index contributed by atoms with van der Waals surface area (Å²) in [5.41, 5.74) is 5.57. The number of fused-ring (bicyclic) bond motifs is 2. The average molecular weight is 413 g/mol. The molecule has 0 saturated heterocycles. The molecule has 0 unspecified atom stereocenters. The van der Waals surface area contributed by atoms with Crippen LogP contribution in [0.25, 0.3) is 11.1 Å². The van der Waals surface area contributed by atoms with Crippen LogP contribution >= 0.6 is 0 Å². The van der Waals surface area contributed by atoms with Crippen molar-refractivity contribution in [1.82, 2.24) is 0 Å². The summed E-state index contributed by atoms with van der Waals surface area (Å²) in [6, 6.07) is 41.9. The molecule has 4 aromatic rings. The summed E-state index contributed by atoms with van der Waals surface area (Å²) < 4.78 is 0. The molecule has 154 valence electrons. The van der Waals surface area contributed by atoms with Crippen LogP contribution in [-0.4, -0.2) is 5.78 Å². The van der Waals surface area contributed by atoms with Gasteiger partial charge >= 0.3 is 0 Å². The van der Waals surface area contributed by atoms with E-state index >= 15 is 0 Å². The molecule has 0 aromatic heterocycles. The fourth-order valence-corrected chi connectivity index (χ4v) is 6.15. The predicted octanol–water partition coefficient (Wildman–Crippen LogP) is 6.85. The minimum absolute atomic E-state index is 0.320. The molecule has 0 aliphatic heterocycles. The Bertz CT molecular complexity index is 1200. The zero-order valence-electron chi connectivity index (χ0n) is 17.9. The quantitative estimate of drug-likeness (QED) is 0.358. The number of carbonyl (C=O) groups is 1. The van der Waals surface area contributed by atoms with Gasteiger partial charge in [-0.15, -0.1) is 0 Å². The van der Waals surface area contributed by atoms with Crippen LogP contribution in [0, 0.1) is 0 Å². The fraction of sp³-hybridized carbons (Fsp3) is 0.129. The van der Waals surface area contributed by atoms with Gasteiger partial charge in [0.05, 0.1) is 10.8 Å². The molecule has 1 nitrogen and oxygen atoms in total. The van der Waals surface area contributed by atoms with Crippen LogP contribution in [0.2, 0.25) is 0 Å². The van der Waals surface area contributed by atoms with Crippen LogP contribution < -0.4 is 0 Å². The van der Waals surface area contributed by atoms with Crippen LogP contribution in [0.15, 0.2) is 121 Å². The smallest absolute Gasteiger partial charge is 0.162 e. The van der Waals surface area contributed by atoms with E-state index in [1.165, 1.54) is 11.1 Å². The second kappa shape index (κ2) is 7.17. The number of rotatable bonds is 4. The summed E-state index contributed by atoms with van der Waals surface area (Å²) in [6.07, 6.45) is 1.65. The zero-order chi connectivity index (χ0) is 21.6. The molecular weight excluding hydrogens is 388 g/mol. The summed E-state index contributed by atoms with van der Waals surface area (Å²) in [4.78, 5) is 14.7. The van der Waals surface area contributed by atoms with Gasteiger partial charge < -0.3 is 0 Å². The second-order valence-corrected chi connectivity index (χ2v) is 8.85. The van der Waals surface area contributed by atoms with Crippen LogP contribution in [0.1, 0.15) is 35.1 Å². The third-order valence-corrected chi connectivity index (χ3v) is 7.41. The second-order valence-electron chi connectivity index (χ2n) is 8.85. The highest BCUT2D eigenvalue weighted by Gasteiger charge is 2.67. The lowest BCUT2D eigenvalue weighted by atomic mass is 9.68. The van der Waals surface area contributed by atoms with E-state index in [2.05, 4.69) is 97.1 Å². The van der Waals surface area contributed by atoms with Gasteiger partial charge in [-0.1, -0.05) is 121 Å². The molecule has 0 heterocycles. The van der Waals surface area contributed by atoms with Gasteiger partial charge in [0.2, 0.25) is 0 Å². The van der Waals surface area contributed by atoms with Gasteiger partial charge in [-0.3, -0.25) is 4.79 Å². The first-order valence-corrected chi connectivity index (χ1v) is 11.3. The highest BCUT2D eigenvalue weighted by Crippen LogP contribution is 2.68. The first-order chi connectivity index (χ1) is 15.8. The topological polar surface area (TPSA) is 17.1 Å². The van der Waals surface area contributed by atoms with Crippen LogP contribution in [0.4, 0.5) is 0 Å². The number of carbonyl (C=O) groups excluding carboxylic acids is 1. The molecule has 2 bridgehead atoms. The van der Waals surface area contributed by atoms with Crippen molar-refractivity contribution in [3.05, 3.63) is 144 Å². The maximum atomic E-state index is 14.7. The molecule has 32 heavy (non-hydrogen) atoms. The maximum absolute atomic E-state index is 14.7. The Balaban J connectivity index is 1.77. The van der Waals surface area contributed by atoms with Crippen LogP contribution in [0.3, 0.4) is 0 Å². The van der Waals surface area contributed by atoms with Gasteiger partial charge in [0.15, 0.2) is 5.78 Å². The largest absolute Gasteiger partial charge is 0.297 e. The van der Waals surface area contributed by atoms with Crippen molar-refractivity contribution in [3.8, 4) is 0 Å². The van der Waals surface area contributed by atoms with Crippen molar-refractivity contribution in [1.29, 1.82) is 0 Å². The first kappa shape index (κ1) is 19.0. The third-order valence-electron chi connectivity index (χ3n) is 7.41.